The molecule has 168 valence electrons. The van der Waals surface area contributed by atoms with Gasteiger partial charge in [-0.2, -0.15) is 13.2 Å². The van der Waals surface area contributed by atoms with Gasteiger partial charge < -0.3 is 10.6 Å². The van der Waals surface area contributed by atoms with E-state index < -0.39 is 29.6 Å². The molecule has 1 fully saturated rings. The molecule has 1 saturated heterocycles. The summed E-state index contributed by atoms with van der Waals surface area (Å²) in [5.41, 5.74) is 4.71. The zero-order valence-electron chi connectivity index (χ0n) is 17.6. The predicted molar refractivity (Wildman–Crippen MR) is 112 cm³/mol. The smallest absolute Gasteiger partial charge is 0.368 e. The normalized spacial score (nSPS) is 17.1. The van der Waals surface area contributed by atoms with Crippen molar-refractivity contribution in [3.05, 3.63) is 29.2 Å². The van der Waals surface area contributed by atoms with Crippen LogP contribution in [0.2, 0.25) is 0 Å². The van der Waals surface area contributed by atoms with Crippen LogP contribution in [0.5, 0.6) is 0 Å². The van der Waals surface area contributed by atoms with Gasteiger partial charge in [0.2, 0.25) is 5.91 Å². The molecular weight excluding hydrogens is 431 g/mol. The highest BCUT2D eigenvalue weighted by Crippen LogP contribution is 2.42. The standard InChI is InChI=1S/C20H24F3N5O2S/c1-10-8-12(9-14(25-10)19(3,4)20(21,22)23)15-11(2)26-17(31-15)27-18(30)28-7-5-6-13(28)16(24)29/h8-9,13H,5-7H2,1-4H3,(H2,24,29)(H,26,27,30). The molecule has 2 aromatic rings. The van der Waals surface area contributed by atoms with E-state index in [0.29, 0.717) is 46.3 Å². The molecule has 1 aliphatic heterocycles. The molecule has 0 aliphatic carbocycles. The average Bonchev–Trinajstić information content (AvgIpc) is 3.27. The van der Waals surface area contributed by atoms with Crippen LogP contribution in [0.15, 0.2) is 12.1 Å². The minimum atomic E-state index is -4.46. The number of anilines is 1. The van der Waals surface area contributed by atoms with Gasteiger partial charge in [-0.1, -0.05) is 11.3 Å². The van der Waals surface area contributed by atoms with Crippen LogP contribution >= 0.6 is 11.3 Å². The number of primary amides is 1. The third-order valence-corrected chi connectivity index (χ3v) is 6.54. The first-order chi connectivity index (χ1) is 14.3. The van der Waals surface area contributed by atoms with Crippen molar-refractivity contribution < 1.29 is 22.8 Å². The number of amides is 3. The molecule has 1 aliphatic rings. The Kier molecular flexibility index (Phi) is 6.01. The number of carbonyl (C=O) groups excluding carboxylic acids is 2. The van der Waals surface area contributed by atoms with Crippen LogP contribution in [0.25, 0.3) is 10.4 Å². The lowest BCUT2D eigenvalue weighted by Gasteiger charge is -2.27. The number of thiazole rings is 1. The van der Waals surface area contributed by atoms with Gasteiger partial charge in [-0.05, 0) is 58.2 Å². The largest absolute Gasteiger partial charge is 0.399 e. The number of nitrogens with zero attached hydrogens (tertiary/aromatic N) is 3. The van der Waals surface area contributed by atoms with E-state index in [0.717, 1.165) is 25.2 Å². The highest BCUT2D eigenvalue weighted by atomic mass is 32.1. The number of aromatic nitrogens is 2. The Labute approximate surface area is 181 Å². The second-order valence-corrected chi connectivity index (χ2v) is 9.12. The molecule has 2 aromatic heterocycles. The second-order valence-electron chi connectivity index (χ2n) is 8.12. The number of nitrogens with two attached hydrogens (primary N) is 1. The maximum absolute atomic E-state index is 13.5. The quantitative estimate of drug-likeness (QED) is 0.723. The number of alkyl halides is 3. The number of carbonyl (C=O) groups is 2. The molecule has 11 heteroatoms. The summed E-state index contributed by atoms with van der Waals surface area (Å²) in [4.78, 5) is 34.6. The fraction of sp³-hybridized carbons (Fsp3) is 0.500. The third-order valence-electron chi connectivity index (χ3n) is 5.42. The summed E-state index contributed by atoms with van der Waals surface area (Å²) in [5, 5.41) is 2.96. The lowest BCUT2D eigenvalue weighted by molar-refractivity contribution is -0.181. The summed E-state index contributed by atoms with van der Waals surface area (Å²) in [5.74, 6) is -0.560. The van der Waals surface area contributed by atoms with Crippen molar-refractivity contribution in [3.63, 3.8) is 0 Å². The Bertz CT molecular complexity index is 1020. The molecule has 0 spiro atoms. The van der Waals surface area contributed by atoms with Gasteiger partial charge >= 0.3 is 12.2 Å². The fourth-order valence-corrected chi connectivity index (χ4v) is 4.39. The van der Waals surface area contributed by atoms with Gasteiger partial charge in [0.25, 0.3) is 0 Å². The van der Waals surface area contributed by atoms with Crippen molar-refractivity contribution in [2.24, 2.45) is 5.73 Å². The minimum absolute atomic E-state index is 0.0882. The lowest BCUT2D eigenvalue weighted by atomic mass is 9.87. The number of halogens is 3. The summed E-state index contributed by atoms with van der Waals surface area (Å²) in [7, 11) is 0. The number of pyridine rings is 1. The average molecular weight is 456 g/mol. The first kappa shape index (κ1) is 23.0. The molecule has 1 unspecified atom stereocenters. The Morgan fingerprint density at radius 1 is 1.23 bits per heavy atom. The fourth-order valence-electron chi connectivity index (χ4n) is 3.45. The molecule has 31 heavy (non-hydrogen) atoms. The van der Waals surface area contributed by atoms with Crippen LogP contribution in [0.4, 0.5) is 23.1 Å². The number of hydrogen-bond donors (Lipinski definition) is 2. The number of aryl methyl sites for hydroxylation is 2. The Balaban J connectivity index is 1.89. The molecular formula is C20H24F3N5O2S. The van der Waals surface area contributed by atoms with Crippen molar-refractivity contribution in [1.29, 1.82) is 0 Å². The monoisotopic (exact) mass is 455 g/mol. The minimum Gasteiger partial charge on any atom is -0.368 e. The summed E-state index contributed by atoms with van der Waals surface area (Å²) in [6, 6.07) is 1.96. The molecule has 3 N–H and O–H groups in total. The second kappa shape index (κ2) is 8.10. The van der Waals surface area contributed by atoms with E-state index in [9.17, 15) is 22.8 Å². The van der Waals surface area contributed by atoms with Gasteiger partial charge in [0.15, 0.2) is 5.13 Å². The van der Waals surface area contributed by atoms with Crippen LogP contribution in [-0.4, -0.2) is 45.6 Å². The van der Waals surface area contributed by atoms with Crippen molar-refractivity contribution in [2.45, 2.75) is 58.2 Å². The van der Waals surface area contributed by atoms with Crippen LogP contribution in [0.3, 0.4) is 0 Å². The summed E-state index contributed by atoms with van der Waals surface area (Å²) < 4.78 is 40.5. The lowest BCUT2D eigenvalue weighted by Crippen LogP contribution is -2.45. The zero-order chi connectivity index (χ0) is 23.1. The predicted octanol–water partition coefficient (Wildman–Crippen LogP) is 4.14. The molecule has 0 radical (unpaired) electrons. The molecule has 3 amide bonds. The Morgan fingerprint density at radius 2 is 1.90 bits per heavy atom. The van der Waals surface area contributed by atoms with Crippen molar-refractivity contribution in [1.82, 2.24) is 14.9 Å². The summed E-state index contributed by atoms with van der Waals surface area (Å²) >= 11 is 1.15. The van der Waals surface area contributed by atoms with Crippen LogP contribution < -0.4 is 11.1 Å². The van der Waals surface area contributed by atoms with Gasteiger partial charge in [-0.3, -0.25) is 15.1 Å². The summed E-state index contributed by atoms with van der Waals surface area (Å²) in [6.07, 6.45) is -3.27. The van der Waals surface area contributed by atoms with Gasteiger partial charge in [0.1, 0.15) is 11.5 Å². The molecule has 0 bridgehead atoms. The maximum atomic E-state index is 13.5. The van der Waals surface area contributed by atoms with Gasteiger partial charge in [0.05, 0.1) is 16.3 Å². The maximum Gasteiger partial charge on any atom is 0.399 e. The highest BCUT2D eigenvalue weighted by molar-refractivity contribution is 7.19. The van der Waals surface area contributed by atoms with E-state index in [-0.39, 0.29) is 5.69 Å². The molecule has 3 heterocycles. The number of nitrogens with one attached hydrogen (secondary N) is 1. The van der Waals surface area contributed by atoms with Crippen molar-refractivity contribution in [2.75, 3.05) is 11.9 Å². The summed E-state index contributed by atoms with van der Waals surface area (Å²) in [6.45, 7) is 5.95. The molecule has 0 saturated carbocycles. The number of rotatable bonds is 4. The first-order valence-corrected chi connectivity index (χ1v) is 10.5. The number of urea groups is 1. The Morgan fingerprint density at radius 3 is 2.52 bits per heavy atom. The topological polar surface area (TPSA) is 101 Å². The van der Waals surface area contributed by atoms with E-state index in [2.05, 4.69) is 15.3 Å². The zero-order valence-corrected chi connectivity index (χ0v) is 18.4. The Hall–Kier alpha value is -2.69. The van der Waals surface area contributed by atoms with Gasteiger partial charge in [-0.25, -0.2) is 9.78 Å². The van der Waals surface area contributed by atoms with Gasteiger partial charge in [-0.15, -0.1) is 0 Å². The van der Waals surface area contributed by atoms with E-state index in [4.69, 9.17) is 5.73 Å². The van der Waals surface area contributed by atoms with Crippen LogP contribution in [0, 0.1) is 13.8 Å². The van der Waals surface area contributed by atoms with Crippen molar-refractivity contribution in [3.8, 4) is 10.4 Å². The molecule has 1 atom stereocenters. The number of likely N-dealkylation sites (tertiary alicyclic amines) is 1. The van der Waals surface area contributed by atoms with E-state index in [1.165, 1.54) is 11.0 Å². The first-order valence-electron chi connectivity index (χ1n) is 9.72. The highest BCUT2D eigenvalue weighted by Gasteiger charge is 2.49. The van der Waals surface area contributed by atoms with E-state index >= 15 is 0 Å². The number of hydrogen-bond acceptors (Lipinski definition) is 5. The molecule has 7 nitrogen and oxygen atoms in total. The SMILES string of the molecule is Cc1cc(-c2sc(NC(=O)N3CCCC3C(N)=O)nc2C)cc(C(C)(C)C(F)(F)F)n1. The van der Waals surface area contributed by atoms with Crippen LogP contribution in [0.1, 0.15) is 43.8 Å². The van der Waals surface area contributed by atoms with Gasteiger partial charge in [0, 0.05) is 12.2 Å². The van der Waals surface area contributed by atoms with E-state index in [1.54, 1.807) is 19.9 Å². The van der Waals surface area contributed by atoms with Crippen LogP contribution in [-0.2, 0) is 10.2 Å². The van der Waals surface area contributed by atoms with Crippen molar-refractivity contribution >= 4 is 28.4 Å². The molecule has 0 aromatic carbocycles. The third kappa shape index (κ3) is 4.51. The molecule has 3 rings (SSSR count). The van der Waals surface area contributed by atoms with E-state index in [1.807, 2.05) is 0 Å².